The fraction of sp³-hybridized carbons (Fsp3) is 0.400. The normalized spacial score (nSPS) is 14.9. The molecule has 0 spiro atoms. The Morgan fingerprint density at radius 3 is 2.53 bits per heavy atom. The molecule has 32 heavy (non-hydrogen) atoms. The van der Waals surface area contributed by atoms with E-state index >= 15 is 0 Å². The van der Waals surface area contributed by atoms with Crippen LogP contribution in [0.25, 0.3) is 0 Å². The number of carbonyl (C=O) groups is 1. The zero-order chi connectivity index (χ0) is 22.3. The third-order valence-corrected chi connectivity index (χ3v) is 5.86. The van der Waals surface area contributed by atoms with Gasteiger partial charge in [-0.05, 0) is 36.6 Å². The van der Waals surface area contributed by atoms with Crippen LogP contribution in [0.15, 0.2) is 54.6 Å². The number of ether oxygens (including phenoxy) is 1. The molecule has 7 heteroatoms. The van der Waals surface area contributed by atoms with Crippen LogP contribution in [-0.2, 0) is 30.7 Å². The van der Waals surface area contributed by atoms with Crippen molar-refractivity contribution in [2.75, 3.05) is 19.7 Å². The predicted octanol–water partition coefficient (Wildman–Crippen LogP) is 3.16. The van der Waals surface area contributed by atoms with Gasteiger partial charge in [-0.25, -0.2) is 0 Å². The van der Waals surface area contributed by atoms with Gasteiger partial charge in [0, 0.05) is 32.6 Å². The van der Waals surface area contributed by atoms with E-state index in [0.717, 1.165) is 50.7 Å². The van der Waals surface area contributed by atoms with E-state index in [1.165, 1.54) is 11.1 Å². The SMILES string of the molecule is CCc1ccc(CN2CCc3nnc([C@@H](C)NC(=O)COc4ccccc4)n3CC2)cc1. The summed E-state index contributed by atoms with van der Waals surface area (Å²) in [6.45, 7) is 7.70. The largest absolute Gasteiger partial charge is 0.484 e. The fourth-order valence-corrected chi connectivity index (χ4v) is 4.02. The Hall–Kier alpha value is -3.19. The van der Waals surface area contributed by atoms with Crippen LogP contribution >= 0.6 is 0 Å². The van der Waals surface area contributed by atoms with Gasteiger partial charge in [-0.1, -0.05) is 49.4 Å². The van der Waals surface area contributed by atoms with Gasteiger partial charge in [0.25, 0.3) is 5.91 Å². The van der Waals surface area contributed by atoms with Gasteiger partial charge in [-0.2, -0.15) is 0 Å². The van der Waals surface area contributed by atoms with Gasteiger partial charge in [-0.15, -0.1) is 10.2 Å². The number of nitrogens with one attached hydrogen (secondary N) is 1. The van der Waals surface area contributed by atoms with E-state index in [-0.39, 0.29) is 18.6 Å². The van der Waals surface area contributed by atoms with Crippen LogP contribution in [0.2, 0.25) is 0 Å². The number of nitrogens with zero attached hydrogens (tertiary/aromatic N) is 4. The van der Waals surface area contributed by atoms with Crippen molar-refractivity contribution in [1.82, 2.24) is 25.0 Å². The number of hydrogen-bond acceptors (Lipinski definition) is 5. The molecule has 168 valence electrons. The van der Waals surface area contributed by atoms with Gasteiger partial charge >= 0.3 is 0 Å². The van der Waals surface area contributed by atoms with E-state index in [1.807, 2.05) is 37.3 Å². The number of benzene rings is 2. The molecule has 7 nitrogen and oxygen atoms in total. The lowest BCUT2D eigenvalue weighted by Crippen LogP contribution is -2.33. The quantitative estimate of drug-likeness (QED) is 0.591. The monoisotopic (exact) mass is 433 g/mol. The summed E-state index contributed by atoms with van der Waals surface area (Å²) in [7, 11) is 0. The summed E-state index contributed by atoms with van der Waals surface area (Å²) in [5.74, 6) is 2.27. The molecule has 0 bridgehead atoms. The maximum atomic E-state index is 12.4. The molecule has 1 N–H and O–H groups in total. The number of hydrogen-bond donors (Lipinski definition) is 1. The summed E-state index contributed by atoms with van der Waals surface area (Å²) in [5, 5.41) is 11.8. The number of carbonyl (C=O) groups excluding carboxylic acids is 1. The van der Waals surface area contributed by atoms with Crippen molar-refractivity contribution >= 4 is 5.91 Å². The molecule has 1 amide bonds. The molecule has 1 aliphatic heterocycles. The van der Waals surface area contributed by atoms with Crippen molar-refractivity contribution in [3.63, 3.8) is 0 Å². The second-order valence-corrected chi connectivity index (χ2v) is 8.21. The molecule has 2 aromatic carbocycles. The number of aryl methyl sites for hydroxylation is 1. The van der Waals surface area contributed by atoms with Crippen molar-refractivity contribution in [3.8, 4) is 5.75 Å². The lowest BCUT2D eigenvalue weighted by molar-refractivity contribution is -0.123. The first-order valence-electron chi connectivity index (χ1n) is 11.3. The third kappa shape index (κ3) is 5.53. The van der Waals surface area contributed by atoms with E-state index < -0.39 is 0 Å². The topological polar surface area (TPSA) is 72.3 Å². The maximum absolute atomic E-state index is 12.4. The number of amides is 1. The maximum Gasteiger partial charge on any atom is 0.258 e. The number of para-hydroxylation sites is 1. The molecule has 0 fully saturated rings. The Morgan fingerprint density at radius 2 is 1.78 bits per heavy atom. The smallest absolute Gasteiger partial charge is 0.258 e. The molecule has 1 atom stereocenters. The highest BCUT2D eigenvalue weighted by molar-refractivity contribution is 5.77. The minimum atomic E-state index is -0.240. The molecule has 0 saturated carbocycles. The summed E-state index contributed by atoms with van der Waals surface area (Å²) in [6, 6.07) is 18.0. The van der Waals surface area contributed by atoms with E-state index in [0.29, 0.717) is 5.75 Å². The summed E-state index contributed by atoms with van der Waals surface area (Å²) < 4.78 is 7.70. The molecule has 0 radical (unpaired) electrons. The predicted molar refractivity (Wildman–Crippen MR) is 123 cm³/mol. The summed E-state index contributed by atoms with van der Waals surface area (Å²) in [4.78, 5) is 14.8. The zero-order valence-electron chi connectivity index (χ0n) is 18.8. The minimum absolute atomic E-state index is 0.0278. The van der Waals surface area contributed by atoms with Crippen LogP contribution in [0.3, 0.4) is 0 Å². The van der Waals surface area contributed by atoms with Crippen LogP contribution in [0.5, 0.6) is 5.75 Å². The molecule has 0 saturated heterocycles. The highest BCUT2D eigenvalue weighted by atomic mass is 16.5. The number of aromatic nitrogens is 3. The average molecular weight is 434 g/mol. The standard InChI is InChI=1S/C25H31N5O2/c1-3-20-9-11-21(12-10-20)17-29-14-13-23-27-28-25(30(23)16-15-29)19(2)26-24(31)18-32-22-7-5-4-6-8-22/h4-12,19H,3,13-18H2,1-2H3,(H,26,31)/t19-/m1/s1. The van der Waals surface area contributed by atoms with Gasteiger partial charge in [0.2, 0.25) is 0 Å². The minimum Gasteiger partial charge on any atom is -0.484 e. The Morgan fingerprint density at radius 1 is 1.03 bits per heavy atom. The molecule has 0 unspecified atom stereocenters. The van der Waals surface area contributed by atoms with E-state index in [2.05, 4.69) is 56.2 Å². The summed E-state index contributed by atoms with van der Waals surface area (Å²) in [6.07, 6.45) is 1.91. The van der Waals surface area contributed by atoms with E-state index in [1.54, 1.807) is 0 Å². The van der Waals surface area contributed by atoms with E-state index in [4.69, 9.17) is 4.74 Å². The number of fused-ring (bicyclic) bond motifs is 1. The molecular weight excluding hydrogens is 402 g/mol. The van der Waals surface area contributed by atoms with Crippen LogP contribution in [-0.4, -0.2) is 45.3 Å². The van der Waals surface area contributed by atoms with Gasteiger partial charge < -0.3 is 14.6 Å². The van der Waals surface area contributed by atoms with Gasteiger partial charge in [-0.3, -0.25) is 9.69 Å². The van der Waals surface area contributed by atoms with Gasteiger partial charge in [0.15, 0.2) is 12.4 Å². The highest BCUT2D eigenvalue weighted by Crippen LogP contribution is 2.17. The Bertz CT molecular complexity index is 1020. The fourth-order valence-electron chi connectivity index (χ4n) is 4.02. The summed E-state index contributed by atoms with van der Waals surface area (Å²) >= 11 is 0. The van der Waals surface area contributed by atoms with Crippen LogP contribution in [0, 0.1) is 0 Å². The van der Waals surface area contributed by atoms with Crippen molar-refractivity contribution < 1.29 is 9.53 Å². The van der Waals surface area contributed by atoms with Crippen molar-refractivity contribution in [2.24, 2.45) is 0 Å². The zero-order valence-corrected chi connectivity index (χ0v) is 18.8. The average Bonchev–Trinajstić information content (AvgIpc) is 3.13. The molecule has 0 aliphatic carbocycles. The lowest BCUT2D eigenvalue weighted by atomic mass is 10.1. The molecule has 4 rings (SSSR count). The third-order valence-electron chi connectivity index (χ3n) is 5.86. The van der Waals surface area contributed by atoms with Crippen molar-refractivity contribution in [1.29, 1.82) is 0 Å². The molecule has 1 aliphatic rings. The first kappa shape index (κ1) is 22.0. The summed E-state index contributed by atoms with van der Waals surface area (Å²) in [5.41, 5.74) is 2.70. The second-order valence-electron chi connectivity index (χ2n) is 8.21. The van der Waals surface area contributed by atoms with Crippen LogP contribution in [0.4, 0.5) is 0 Å². The Labute approximate surface area is 189 Å². The van der Waals surface area contributed by atoms with Crippen LogP contribution in [0.1, 0.15) is 42.7 Å². The van der Waals surface area contributed by atoms with Crippen molar-refractivity contribution in [2.45, 2.75) is 45.8 Å². The molecular formula is C25H31N5O2. The molecule has 1 aromatic heterocycles. The second kappa shape index (κ2) is 10.4. The van der Waals surface area contributed by atoms with Crippen molar-refractivity contribution in [3.05, 3.63) is 77.4 Å². The molecule has 3 aromatic rings. The molecule has 2 heterocycles. The first-order chi connectivity index (χ1) is 15.6. The first-order valence-corrected chi connectivity index (χ1v) is 11.3. The number of rotatable bonds is 8. The van der Waals surface area contributed by atoms with Crippen LogP contribution < -0.4 is 10.1 Å². The highest BCUT2D eigenvalue weighted by Gasteiger charge is 2.23. The van der Waals surface area contributed by atoms with E-state index in [9.17, 15) is 4.79 Å². The Balaban J connectivity index is 1.32. The van der Waals surface area contributed by atoms with Gasteiger partial charge in [0.1, 0.15) is 11.6 Å². The Kier molecular flexibility index (Phi) is 7.17. The lowest BCUT2D eigenvalue weighted by Gasteiger charge is -2.20. The van der Waals surface area contributed by atoms with Gasteiger partial charge in [0.05, 0.1) is 6.04 Å².